The molecule has 0 heterocycles. The summed E-state index contributed by atoms with van der Waals surface area (Å²) < 4.78 is 30.2. The Morgan fingerprint density at radius 2 is 1.83 bits per heavy atom. The zero-order valence-electron chi connectivity index (χ0n) is 13.3. The van der Waals surface area contributed by atoms with Crippen LogP contribution in [0, 0.1) is 5.82 Å². The highest BCUT2D eigenvalue weighted by molar-refractivity contribution is 9.10. The third-order valence-corrected chi connectivity index (χ3v) is 3.81. The largest absolute Gasteiger partial charge is 0.494 e. The monoisotopic (exact) mass is 383 g/mol. The highest BCUT2D eigenvalue weighted by atomic mass is 79.9. The first kappa shape index (κ1) is 17.4. The molecule has 4 nitrogen and oxygen atoms in total. The van der Waals surface area contributed by atoms with Gasteiger partial charge in [0.15, 0.2) is 11.5 Å². The average Bonchev–Trinajstić information content (AvgIpc) is 2.55. The second-order valence-electron chi connectivity index (χ2n) is 4.74. The number of benzene rings is 2. The number of anilines is 1. The van der Waals surface area contributed by atoms with Crippen molar-refractivity contribution in [3.8, 4) is 17.2 Å². The molecule has 0 aliphatic heterocycles. The van der Waals surface area contributed by atoms with Crippen molar-refractivity contribution in [3.63, 3.8) is 0 Å². The minimum atomic E-state index is -0.335. The van der Waals surface area contributed by atoms with Gasteiger partial charge in [0.1, 0.15) is 11.6 Å². The van der Waals surface area contributed by atoms with E-state index in [2.05, 4.69) is 21.2 Å². The van der Waals surface area contributed by atoms with Crippen LogP contribution in [0.1, 0.15) is 12.5 Å². The summed E-state index contributed by atoms with van der Waals surface area (Å²) in [6.07, 6.45) is 0. The number of nitrogens with one attached hydrogen (secondary N) is 1. The number of methoxy groups -OCH3 is 2. The van der Waals surface area contributed by atoms with Crippen LogP contribution in [0.3, 0.4) is 0 Å². The molecule has 0 aliphatic carbocycles. The van der Waals surface area contributed by atoms with Crippen LogP contribution in [0.2, 0.25) is 0 Å². The molecule has 2 aromatic rings. The molecular weight excluding hydrogens is 365 g/mol. The van der Waals surface area contributed by atoms with E-state index < -0.39 is 0 Å². The summed E-state index contributed by atoms with van der Waals surface area (Å²) in [5, 5.41) is 3.23. The van der Waals surface area contributed by atoms with Crippen LogP contribution in [0.5, 0.6) is 17.2 Å². The van der Waals surface area contributed by atoms with E-state index in [1.807, 2.05) is 19.1 Å². The molecule has 0 saturated heterocycles. The summed E-state index contributed by atoms with van der Waals surface area (Å²) in [5.74, 6) is 1.46. The van der Waals surface area contributed by atoms with Crippen molar-refractivity contribution in [1.82, 2.24) is 0 Å². The first-order valence-corrected chi connectivity index (χ1v) is 7.95. The van der Waals surface area contributed by atoms with Crippen LogP contribution >= 0.6 is 15.9 Å². The fourth-order valence-electron chi connectivity index (χ4n) is 2.17. The van der Waals surface area contributed by atoms with E-state index in [4.69, 9.17) is 14.2 Å². The molecule has 0 aromatic heterocycles. The van der Waals surface area contributed by atoms with Gasteiger partial charge in [-0.2, -0.15) is 0 Å². The maximum absolute atomic E-state index is 13.2. The third-order valence-electron chi connectivity index (χ3n) is 3.22. The molecular formula is C17H19BrFNO3. The van der Waals surface area contributed by atoms with Crippen molar-refractivity contribution in [2.45, 2.75) is 13.5 Å². The molecule has 0 saturated carbocycles. The fourth-order valence-corrected chi connectivity index (χ4v) is 2.77. The molecule has 2 rings (SSSR count). The zero-order valence-corrected chi connectivity index (χ0v) is 14.9. The normalized spacial score (nSPS) is 10.3. The molecule has 0 amide bonds. The highest BCUT2D eigenvalue weighted by Crippen LogP contribution is 2.37. The van der Waals surface area contributed by atoms with Crippen molar-refractivity contribution in [2.75, 3.05) is 26.1 Å². The second kappa shape index (κ2) is 8.06. The highest BCUT2D eigenvalue weighted by Gasteiger charge is 2.12. The molecule has 0 aliphatic rings. The number of ether oxygens (including phenoxy) is 3. The summed E-state index contributed by atoms with van der Waals surface area (Å²) in [5.41, 5.74) is 1.71. The molecule has 23 heavy (non-hydrogen) atoms. The van der Waals surface area contributed by atoms with Gasteiger partial charge in [0.05, 0.1) is 31.0 Å². The van der Waals surface area contributed by atoms with Gasteiger partial charge in [-0.1, -0.05) is 0 Å². The van der Waals surface area contributed by atoms with Gasteiger partial charge < -0.3 is 19.5 Å². The third kappa shape index (κ3) is 4.28. The Hall–Kier alpha value is -1.95. The van der Waals surface area contributed by atoms with Crippen LogP contribution in [0.15, 0.2) is 34.8 Å². The lowest BCUT2D eigenvalue weighted by Gasteiger charge is -2.15. The fraction of sp³-hybridized carbons (Fsp3) is 0.294. The molecule has 0 spiro atoms. The predicted octanol–water partition coefficient (Wildman–Crippen LogP) is 4.62. The van der Waals surface area contributed by atoms with Gasteiger partial charge in [-0.05, 0) is 52.7 Å². The number of hydrogen-bond acceptors (Lipinski definition) is 4. The Morgan fingerprint density at radius 1 is 1.09 bits per heavy atom. The maximum Gasteiger partial charge on any atom is 0.175 e. The van der Waals surface area contributed by atoms with Gasteiger partial charge in [-0.25, -0.2) is 4.39 Å². The van der Waals surface area contributed by atoms with E-state index in [0.717, 1.165) is 15.7 Å². The van der Waals surface area contributed by atoms with Crippen molar-refractivity contribution in [2.24, 2.45) is 0 Å². The van der Waals surface area contributed by atoms with Crippen LogP contribution < -0.4 is 19.5 Å². The lowest BCUT2D eigenvalue weighted by atomic mass is 10.2. The van der Waals surface area contributed by atoms with Gasteiger partial charge in [0.25, 0.3) is 0 Å². The molecule has 1 N–H and O–H groups in total. The van der Waals surface area contributed by atoms with E-state index >= 15 is 0 Å². The van der Waals surface area contributed by atoms with E-state index in [0.29, 0.717) is 30.4 Å². The Kier molecular flexibility index (Phi) is 6.10. The second-order valence-corrected chi connectivity index (χ2v) is 5.59. The molecule has 0 bridgehead atoms. The van der Waals surface area contributed by atoms with Gasteiger partial charge in [0, 0.05) is 12.6 Å². The summed E-state index contributed by atoms with van der Waals surface area (Å²) >= 11 is 3.50. The molecule has 0 radical (unpaired) electrons. The first-order chi connectivity index (χ1) is 11.1. The van der Waals surface area contributed by atoms with Crippen LogP contribution in [-0.4, -0.2) is 20.8 Å². The van der Waals surface area contributed by atoms with E-state index in [9.17, 15) is 4.39 Å². The van der Waals surface area contributed by atoms with Gasteiger partial charge in [0.2, 0.25) is 0 Å². The van der Waals surface area contributed by atoms with E-state index in [-0.39, 0.29) is 5.82 Å². The molecule has 0 unspecified atom stereocenters. The minimum absolute atomic E-state index is 0.335. The van der Waals surface area contributed by atoms with Crippen LogP contribution in [0.4, 0.5) is 10.1 Å². The van der Waals surface area contributed by atoms with Crippen molar-refractivity contribution in [1.29, 1.82) is 0 Å². The molecule has 124 valence electrons. The van der Waals surface area contributed by atoms with E-state index in [1.165, 1.54) is 19.2 Å². The number of hydrogen-bond donors (Lipinski definition) is 1. The summed E-state index contributed by atoms with van der Waals surface area (Å²) in [6.45, 7) is 3.00. The van der Waals surface area contributed by atoms with Gasteiger partial charge in [-0.3, -0.25) is 0 Å². The molecule has 6 heteroatoms. The van der Waals surface area contributed by atoms with Crippen LogP contribution in [-0.2, 0) is 6.54 Å². The lowest BCUT2D eigenvalue weighted by Crippen LogP contribution is -2.03. The Balaban J connectivity index is 2.19. The zero-order chi connectivity index (χ0) is 16.8. The first-order valence-electron chi connectivity index (χ1n) is 7.15. The number of halogens is 2. The number of rotatable bonds is 7. The summed E-state index contributed by atoms with van der Waals surface area (Å²) in [4.78, 5) is 0. The standard InChI is InChI=1S/C17H19BrFNO3/c1-4-23-17-13(18)7-11(8-16(17)22-3)10-20-14-6-5-12(19)9-15(14)21-2/h5-9,20H,4,10H2,1-3H3. The van der Waals surface area contributed by atoms with Crippen LogP contribution in [0.25, 0.3) is 0 Å². The van der Waals surface area contributed by atoms with Crippen molar-refractivity contribution >= 4 is 21.6 Å². The average molecular weight is 384 g/mol. The quantitative estimate of drug-likeness (QED) is 0.757. The summed E-state index contributed by atoms with van der Waals surface area (Å²) in [6, 6.07) is 8.24. The minimum Gasteiger partial charge on any atom is -0.494 e. The predicted molar refractivity (Wildman–Crippen MR) is 92.1 cm³/mol. The van der Waals surface area contributed by atoms with Gasteiger partial charge >= 0.3 is 0 Å². The topological polar surface area (TPSA) is 39.7 Å². The Morgan fingerprint density at radius 3 is 2.48 bits per heavy atom. The van der Waals surface area contributed by atoms with Crippen molar-refractivity contribution in [3.05, 3.63) is 46.2 Å². The molecule has 0 atom stereocenters. The maximum atomic E-state index is 13.2. The SMILES string of the molecule is CCOc1c(Br)cc(CNc2ccc(F)cc2OC)cc1OC. The molecule has 0 fully saturated rings. The Labute approximate surface area is 143 Å². The smallest absolute Gasteiger partial charge is 0.175 e. The molecule has 2 aromatic carbocycles. The Bertz CT molecular complexity index is 679. The lowest BCUT2D eigenvalue weighted by molar-refractivity contribution is 0.308. The summed E-state index contributed by atoms with van der Waals surface area (Å²) in [7, 11) is 3.11. The van der Waals surface area contributed by atoms with Gasteiger partial charge in [-0.15, -0.1) is 0 Å². The van der Waals surface area contributed by atoms with Crippen molar-refractivity contribution < 1.29 is 18.6 Å². The van der Waals surface area contributed by atoms with E-state index in [1.54, 1.807) is 13.2 Å².